The van der Waals surface area contributed by atoms with Gasteiger partial charge < -0.3 is 4.90 Å². The Labute approximate surface area is 117 Å². The number of rotatable bonds is 6. The van der Waals surface area contributed by atoms with Crippen molar-refractivity contribution < 1.29 is 4.79 Å². The van der Waals surface area contributed by atoms with Crippen molar-refractivity contribution in [2.45, 2.75) is 25.7 Å². The summed E-state index contributed by atoms with van der Waals surface area (Å²) in [6, 6.07) is 8.10. The molecule has 1 fully saturated rings. The Hall–Kier alpha value is -0.670. The Morgan fingerprint density at radius 2 is 2.00 bits per heavy atom. The van der Waals surface area contributed by atoms with Crippen LogP contribution in [0.4, 0.5) is 0 Å². The van der Waals surface area contributed by atoms with Gasteiger partial charge in [-0.2, -0.15) is 0 Å². The number of ketones is 1. The van der Waals surface area contributed by atoms with Gasteiger partial charge in [0.25, 0.3) is 0 Å². The van der Waals surface area contributed by atoms with E-state index >= 15 is 0 Å². The third-order valence-electron chi connectivity index (χ3n) is 3.52. The lowest BCUT2D eigenvalue weighted by Gasteiger charge is -2.22. The molecule has 0 aliphatic heterocycles. The van der Waals surface area contributed by atoms with Gasteiger partial charge in [-0.05, 0) is 50.4 Å². The van der Waals surface area contributed by atoms with Crippen LogP contribution < -0.4 is 0 Å². The van der Waals surface area contributed by atoms with E-state index in [1.54, 1.807) is 6.92 Å². The van der Waals surface area contributed by atoms with E-state index in [4.69, 9.17) is 0 Å². The van der Waals surface area contributed by atoms with E-state index < -0.39 is 0 Å². The van der Waals surface area contributed by atoms with Gasteiger partial charge in [0, 0.05) is 17.6 Å². The number of Topliss-reactive ketones (excluding diaryl/α,β-unsaturated/α-hetero) is 1. The summed E-state index contributed by atoms with van der Waals surface area (Å²) in [6.07, 6.45) is 2.71. The van der Waals surface area contributed by atoms with E-state index in [1.165, 1.54) is 12.8 Å². The number of carbonyl (C=O) groups is 1. The summed E-state index contributed by atoms with van der Waals surface area (Å²) >= 11 is 3.43. The van der Waals surface area contributed by atoms with Gasteiger partial charge in [-0.25, -0.2) is 0 Å². The standard InChI is InChI=1S/C15H20BrNO/c1-11(18)15(10-17(2)9-12-3-4-12)13-5-7-14(16)8-6-13/h5-8,12,15H,3-4,9-10H2,1-2H3/t15-/m0/s1. The molecule has 2 nitrogen and oxygen atoms in total. The number of benzene rings is 1. The molecular formula is C15H20BrNO. The van der Waals surface area contributed by atoms with E-state index in [2.05, 4.69) is 27.9 Å². The van der Waals surface area contributed by atoms with E-state index in [1.807, 2.05) is 24.3 Å². The molecule has 0 radical (unpaired) electrons. The predicted molar refractivity (Wildman–Crippen MR) is 77.8 cm³/mol. The van der Waals surface area contributed by atoms with Gasteiger partial charge in [0.15, 0.2) is 0 Å². The van der Waals surface area contributed by atoms with E-state index in [9.17, 15) is 4.79 Å². The van der Waals surface area contributed by atoms with Crippen LogP contribution in [0.15, 0.2) is 28.7 Å². The van der Waals surface area contributed by atoms with Gasteiger partial charge in [-0.1, -0.05) is 28.1 Å². The minimum absolute atomic E-state index is 0.00171. The Balaban J connectivity index is 2.02. The summed E-state index contributed by atoms with van der Waals surface area (Å²) in [4.78, 5) is 14.1. The van der Waals surface area contributed by atoms with Gasteiger partial charge in [0.2, 0.25) is 0 Å². The maximum atomic E-state index is 11.8. The maximum absolute atomic E-state index is 11.8. The van der Waals surface area contributed by atoms with E-state index in [-0.39, 0.29) is 11.7 Å². The normalized spacial score (nSPS) is 16.9. The third-order valence-corrected chi connectivity index (χ3v) is 4.05. The molecule has 0 heterocycles. The van der Waals surface area contributed by atoms with Crippen LogP contribution in [0.5, 0.6) is 0 Å². The summed E-state index contributed by atoms with van der Waals surface area (Å²) < 4.78 is 1.06. The number of hydrogen-bond donors (Lipinski definition) is 0. The number of carbonyl (C=O) groups excluding carboxylic acids is 1. The average Bonchev–Trinajstić information content (AvgIpc) is 3.11. The third kappa shape index (κ3) is 3.92. The number of halogens is 1. The summed E-state index contributed by atoms with van der Waals surface area (Å²) in [5, 5.41) is 0. The fourth-order valence-electron chi connectivity index (χ4n) is 2.29. The highest BCUT2D eigenvalue weighted by atomic mass is 79.9. The lowest BCUT2D eigenvalue weighted by Crippen LogP contribution is -2.29. The van der Waals surface area contributed by atoms with Crippen molar-refractivity contribution in [3.05, 3.63) is 34.3 Å². The second kappa shape index (κ2) is 5.98. The largest absolute Gasteiger partial charge is 0.305 e. The summed E-state index contributed by atoms with van der Waals surface area (Å²) in [5.74, 6) is 1.12. The lowest BCUT2D eigenvalue weighted by molar-refractivity contribution is -0.118. The molecule has 1 aliphatic rings. The van der Waals surface area contributed by atoms with Crippen LogP contribution in [0, 0.1) is 5.92 Å². The van der Waals surface area contributed by atoms with Crippen molar-refractivity contribution in [3.8, 4) is 0 Å². The Bertz CT molecular complexity index is 411. The zero-order valence-electron chi connectivity index (χ0n) is 11.0. The van der Waals surface area contributed by atoms with Crippen molar-refractivity contribution in [1.82, 2.24) is 4.90 Å². The van der Waals surface area contributed by atoms with Crippen molar-refractivity contribution >= 4 is 21.7 Å². The molecule has 1 atom stereocenters. The zero-order chi connectivity index (χ0) is 13.1. The highest BCUT2D eigenvalue weighted by Gasteiger charge is 2.25. The molecule has 98 valence electrons. The van der Waals surface area contributed by atoms with Gasteiger partial charge in [0.05, 0.1) is 5.92 Å². The first-order valence-electron chi connectivity index (χ1n) is 6.50. The van der Waals surface area contributed by atoms with Gasteiger partial charge in [0.1, 0.15) is 5.78 Å². The van der Waals surface area contributed by atoms with E-state index in [0.29, 0.717) is 0 Å². The summed E-state index contributed by atoms with van der Waals surface area (Å²) in [7, 11) is 2.12. The number of hydrogen-bond acceptors (Lipinski definition) is 2. The molecule has 0 bridgehead atoms. The molecule has 0 spiro atoms. The molecule has 3 heteroatoms. The first kappa shape index (κ1) is 13.8. The van der Waals surface area contributed by atoms with Crippen molar-refractivity contribution in [3.63, 3.8) is 0 Å². The summed E-state index contributed by atoms with van der Waals surface area (Å²) in [5.41, 5.74) is 1.12. The highest BCUT2D eigenvalue weighted by molar-refractivity contribution is 9.10. The molecule has 0 unspecified atom stereocenters. The predicted octanol–water partition coefficient (Wildman–Crippen LogP) is 3.46. The van der Waals surface area contributed by atoms with Crippen LogP contribution >= 0.6 is 15.9 Å². The van der Waals surface area contributed by atoms with Crippen LogP contribution in [0.3, 0.4) is 0 Å². The Kier molecular flexibility index (Phi) is 4.57. The second-order valence-corrected chi connectivity index (χ2v) is 6.30. The molecule has 0 N–H and O–H groups in total. The second-order valence-electron chi connectivity index (χ2n) is 5.38. The van der Waals surface area contributed by atoms with Gasteiger partial charge in [-0.15, -0.1) is 0 Å². The van der Waals surface area contributed by atoms with Gasteiger partial charge >= 0.3 is 0 Å². The number of likely N-dealkylation sites (N-methyl/N-ethyl adjacent to an activating group) is 1. The topological polar surface area (TPSA) is 20.3 Å². The summed E-state index contributed by atoms with van der Waals surface area (Å²) in [6.45, 7) is 3.64. The van der Waals surface area contributed by atoms with Crippen LogP contribution in [-0.2, 0) is 4.79 Å². The zero-order valence-corrected chi connectivity index (χ0v) is 12.6. The Morgan fingerprint density at radius 1 is 1.39 bits per heavy atom. The van der Waals surface area contributed by atoms with Crippen LogP contribution in [0.2, 0.25) is 0 Å². The highest BCUT2D eigenvalue weighted by Crippen LogP contribution is 2.30. The van der Waals surface area contributed by atoms with Crippen molar-refractivity contribution in [2.24, 2.45) is 5.92 Å². The molecule has 0 saturated heterocycles. The van der Waals surface area contributed by atoms with Crippen LogP contribution in [0.25, 0.3) is 0 Å². The smallest absolute Gasteiger partial charge is 0.138 e. The van der Waals surface area contributed by atoms with Crippen molar-refractivity contribution in [2.75, 3.05) is 20.1 Å². The molecular weight excluding hydrogens is 290 g/mol. The van der Waals surface area contributed by atoms with Crippen LogP contribution in [0.1, 0.15) is 31.2 Å². The fourth-order valence-corrected chi connectivity index (χ4v) is 2.56. The lowest BCUT2D eigenvalue weighted by atomic mass is 9.95. The molecule has 1 aromatic rings. The molecule has 1 saturated carbocycles. The van der Waals surface area contributed by atoms with Crippen molar-refractivity contribution in [1.29, 1.82) is 0 Å². The minimum atomic E-state index is 0.00171. The minimum Gasteiger partial charge on any atom is -0.305 e. The van der Waals surface area contributed by atoms with E-state index in [0.717, 1.165) is 29.0 Å². The van der Waals surface area contributed by atoms with Gasteiger partial charge in [-0.3, -0.25) is 4.79 Å². The molecule has 0 aromatic heterocycles. The monoisotopic (exact) mass is 309 g/mol. The molecule has 2 rings (SSSR count). The Morgan fingerprint density at radius 3 is 2.50 bits per heavy atom. The van der Waals surface area contributed by atoms with Crippen LogP contribution in [-0.4, -0.2) is 30.8 Å². The SMILES string of the molecule is CC(=O)[C@H](CN(C)CC1CC1)c1ccc(Br)cc1. The first-order valence-corrected chi connectivity index (χ1v) is 7.30. The fraction of sp³-hybridized carbons (Fsp3) is 0.533. The average molecular weight is 310 g/mol. The molecule has 1 aliphatic carbocycles. The quantitative estimate of drug-likeness (QED) is 0.802. The maximum Gasteiger partial charge on any atom is 0.138 e. The molecule has 0 amide bonds. The first-order chi connectivity index (χ1) is 8.56. The molecule has 18 heavy (non-hydrogen) atoms. The number of nitrogens with zero attached hydrogens (tertiary/aromatic N) is 1. The molecule has 1 aromatic carbocycles.